The second-order valence-electron chi connectivity index (χ2n) is 22.4. The first-order valence-electron chi connectivity index (χ1n) is 30.4. The number of esters is 6. The Kier molecular flexibility index (Phi) is 27.5. The van der Waals surface area contributed by atoms with Crippen LogP contribution in [-0.4, -0.2) is 81.6 Å². The van der Waals surface area contributed by atoms with Crippen molar-refractivity contribution >= 4 is 59.3 Å². The molecule has 8 rings (SSSR count). The predicted molar refractivity (Wildman–Crippen MR) is 318 cm³/mol. The highest BCUT2D eigenvalue weighted by molar-refractivity contribution is 8.24. The van der Waals surface area contributed by atoms with Crippen molar-refractivity contribution in [1.29, 1.82) is 5.26 Å². The van der Waals surface area contributed by atoms with E-state index in [9.17, 15) is 34.0 Å². The van der Waals surface area contributed by atoms with E-state index in [0.29, 0.717) is 124 Å². The maximum absolute atomic E-state index is 13.1. The molecule has 0 radical (unpaired) electrons. The van der Waals surface area contributed by atoms with Crippen LogP contribution in [0.5, 0.6) is 17.2 Å². The van der Waals surface area contributed by atoms with Crippen molar-refractivity contribution in [2.75, 3.05) is 33.5 Å². The van der Waals surface area contributed by atoms with Gasteiger partial charge in [0.15, 0.2) is 0 Å². The number of ether oxygens (including phenoxy) is 8. The Labute approximate surface area is 503 Å². The molecule has 0 spiro atoms. The van der Waals surface area contributed by atoms with Gasteiger partial charge in [0, 0.05) is 30.6 Å². The molecular formula is C66H82N2O14S2. The number of allylic oxidation sites excluding steroid dienone is 1. The van der Waals surface area contributed by atoms with E-state index in [4.69, 9.17) is 44.5 Å². The molecule has 18 heteroatoms. The molecule has 2 unspecified atom stereocenters. The third kappa shape index (κ3) is 22.7. The minimum Gasteiger partial charge on any atom is -0.469 e. The molecule has 3 aromatic rings. The van der Waals surface area contributed by atoms with E-state index in [1.807, 2.05) is 43.3 Å². The standard InChI is InChI=1S/C38H42N2O7S2.C28H40O7/c1-25-11-20-32(35-34(25)48-38(49-35)31(23-39)40-2)47-37(43)28-16-14-27(15-17-28)36(42)46-29-18-12-26(13-19-29)21-22-44-33(41)10-8-6-4-3-5-7-9-30-24-45-30;1-32-27(30)22-12-14-23(15-13-22)28(31)35-24-16-10-21(11-17-24)18-19-33-26(29)9-7-5-3-2-4-6-8-25-20-34-25/h11-13,18-20,27-28,30H,3-10,14-17,21-22,24H2,1H3;10-11,16-17,22-23,25H,2-9,12-15,18-20H2,1H3/b38-31-;. The first-order chi connectivity index (χ1) is 40.9. The monoisotopic (exact) mass is 1190 g/mol. The molecule has 16 nitrogen and oxygen atoms in total. The van der Waals surface area contributed by atoms with Crippen LogP contribution < -0.4 is 14.2 Å². The summed E-state index contributed by atoms with van der Waals surface area (Å²) < 4.78 is 43.6. The Bertz CT molecular complexity index is 2750. The zero-order chi connectivity index (χ0) is 59.5. The summed E-state index contributed by atoms with van der Waals surface area (Å²) in [6.07, 6.45) is 23.8. The summed E-state index contributed by atoms with van der Waals surface area (Å²) in [4.78, 5) is 79.1. The van der Waals surface area contributed by atoms with Gasteiger partial charge in [-0.2, -0.15) is 0 Å². The van der Waals surface area contributed by atoms with Crippen molar-refractivity contribution in [3.8, 4) is 23.3 Å². The molecule has 2 saturated heterocycles. The number of hydrogen-bond donors (Lipinski definition) is 0. The quantitative estimate of drug-likeness (QED) is 0.0111. The lowest BCUT2D eigenvalue weighted by Gasteiger charge is -2.26. The maximum atomic E-state index is 13.1. The van der Waals surface area contributed by atoms with E-state index in [-0.39, 0.29) is 65.2 Å². The lowest BCUT2D eigenvalue weighted by molar-refractivity contribution is -0.149. The van der Waals surface area contributed by atoms with Gasteiger partial charge in [-0.05, 0) is 131 Å². The number of thioether (sulfide) groups is 2. The zero-order valence-corrected chi connectivity index (χ0v) is 50.5. The van der Waals surface area contributed by atoms with Gasteiger partial charge in [0.25, 0.3) is 5.70 Å². The van der Waals surface area contributed by atoms with Crippen LogP contribution in [0.4, 0.5) is 0 Å². The van der Waals surface area contributed by atoms with Crippen LogP contribution in [0, 0.1) is 48.5 Å². The average molecular weight is 1190 g/mol. The van der Waals surface area contributed by atoms with Gasteiger partial charge in [-0.25, -0.2) is 10.1 Å². The van der Waals surface area contributed by atoms with Gasteiger partial charge in [-0.15, -0.1) is 0 Å². The highest BCUT2D eigenvalue weighted by Crippen LogP contribution is 2.57. The molecule has 2 saturated carbocycles. The van der Waals surface area contributed by atoms with Crippen molar-refractivity contribution < 1.29 is 66.7 Å². The van der Waals surface area contributed by atoms with Crippen LogP contribution in [0.3, 0.4) is 0 Å². The molecule has 0 amide bonds. The normalized spacial score (nSPS) is 20.7. The van der Waals surface area contributed by atoms with E-state index < -0.39 is 0 Å². The Morgan fingerprint density at radius 3 is 1.35 bits per heavy atom. The predicted octanol–water partition coefficient (Wildman–Crippen LogP) is 13.9. The summed E-state index contributed by atoms with van der Waals surface area (Å²) in [6.45, 7) is 11.8. The molecule has 0 bridgehead atoms. The number of methoxy groups -OCH3 is 1. The molecule has 84 heavy (non-hydrogen) atoms. The molecule has 3 aromatic carbocycles. The third-order valence-electron chi connectivity index (χ3n) is 16.0. The van der Waals surface area contributed by atoms with Crippen molar-refractivity contribution in [1.82, 2.24) is 0 Å². The fourth-order valence-corrected chi connectivity index (χ4v) is 13.1. The van der Waals surface area contributed by atoms with Crippen molar-refractivity contribution in [2.45, 2.75) is 196 Å². The number of aryl methyl sites for hydroxylation is 1. The van der Waals surface area contributed by atoms with E-state index in [2.05, 4.69) is 4.85 Å². The largest absolute Gasteiger partial charge is 0.469 e. The molecular weight excluding hydrogens is 1110 g/mol. The van der Waals surface area contributed by atoms with Crippen LogP contribution in [0.15, 0.2) is 80.4 Å². The number of carbonyl (C=O) groups is 6. The SMILES string of the molecule is COC(=O)C1CCC(C(=O)Oc2ccc(CCOC(=O)CCCCCCCCC3CO3)cc2)CC1.[C-]#[N+]/C(C#N)=C1/Sc2c(C)ccc(OC(=O)C3CCC(C(=O)Oc4ccc(CCOC(=O)CCCCCCCCC5CO5)cc4)CC3)c2S1. The summed E-state index contributed by atoms with van der Waals surface area (Å²) in [5.74, 6) is -0.910. The lowest BCUT2D eigenvalue weighted by atomic mass is 9.82. The van der Waals surface area contributed by atoms with Crippen LogP contribution in [0.1, 0.15) is 171 Å². The fourth-order valence-electron chi connectivity index (χ4n) is 10.6. The Morgan fingerprint density at radius 1 is 0.548 bits per heavy atom. The number of unbranched alkanes of at least 4 members (excludes halogenated alkanes) is 10. The molecule has 2 atom stereocenters. The van der Waals surface area contributed by atoms with E-state index >= 15 is 0 Å². The summed E-state index contributed by atoms with van der Waals surface area (Å²) in [6, 6.07) is 20.1. The number of benzene rings is 3. The number of nitriles is 1. The molecule has 0 N–H and O–H groups in total. The summed E-state index contributed by atoms with van der Waals surface area (Å²) >= 11 is 2.64. The van der Waals surface area contributed by atoms with E-state index in [1.165, 1.54) is 88.4 Å². The van der Waals surface area contributed by atoms with Crippen molar-refractivity contribution in [3.63, 3.8) is 0 Å². The first-order valence-corrected chi connectivity index (χ1v) is 32.0. The van der Waals surface area contributed by atoms with Crippen LogP contribution in [-0.2, 0) is 65.3 Å². The number of nitrogens with zero attached hydrogens (tertiary/aromatic N) is 2. The molecule has 2 aliphatic carbocycles. The van der Waals surface area contributed by atoms with Crippen molar-refractivity contribution in [2.24, 2.45) is 23.7 Å². The number of carbonyl (C=O) groups excluding carboxylic acids is 6. The lowest BCUT2D eigenvalue weighted by Crippen LogP contribution is -2.30. The molecule has 5 aliphatic rings. The average Bonchev–Trinajstić information content (AvgIpc) is 3.01. The Morgan fingerprint density at radius 2 is 0.940 bits per heavy atom. The van der Waals surface area contributed by atoms with Crippen LogP contribution in [0.2, 0.25) is 0 Å². The Hall–Kier alpha value is -6.18. The maximum Gasteiger partial charge on any atom is 0.314 e. The topological polar surface area (TPSA) is 211 Å². The van der Waals surface area contributed by atoms with Gasteiger partial charge in [-0.1, -0.05) is 118 Å². The van der Waals surface area contributed by atoms with E-state index in [1.54, 1.807) is 30.3 Å². The Balaban J connectivity index is 0.000000255. The first kappa shape index (κ1) is 65.4. The van der Waals surface area contributed by atoms with Gasteiger partial charge in [0.2, 0.25) is 0 Å². The van der Waals surface area contributed by atoms with Crippen LogP contribution >= 0.6 is 23.5 Å². The molecule has 4 fully saturated rings. The minimum absolute atomic E-state index is 0.0276. The van der Waals surface area contributed by atoms with Gasteiger partial charge in [-0.3, -0.25) is 28.8 Å². The summed E-state index contributed by atoms with van der Waals surface area (Å²) in [5.41, 5.74) is 3.02. The van der Waals surface area contributed by atoms with Gasteiger partial charge >= 0.3 is 35.8 Å². The minimum atomic E-state index is -0.339. The molecule has 0 aromatic heterocycles. The van der Waals surface area contributed by atoms with Gasteiger partial charge in [0.05, 0.1) is 91.2 Å². The highest BCUT2D eigenvalue weighted by Gasteiger charge is 2.35. The smallest absolute Gasteiger partial charge is 0.314 e. The fraction of sp³-hybridized carbons (Fsp3) is 0.576. The highest BCUT2D eigenvalue weighted by atomic mass is 32.2. The number of hydrogen-bond acceptors (Lipinski definition) is 17. The summed E-state index contributed by atoms with van der Waals surface area (Å²) in [7, 11) is 1.40. The summed E-state index contributed by atoms with van der Waals surface area (Å²) in [5, 5.41) is 9.29. The zero-order valence-electron chi connectivity index (χ0n) is 48.9. The van der Waals surface area contributed by atoms with Gasteiger partial charge in [0.1, 0.15) is 17.2 Å². The molecule has 452 valence electrons. The second-order valence-corrected chi connectivity index (χ2v) is 24.7. The van der Waals surface area contributed by atoms with Crippen molar-refractivity contribution in [3.05, 3.63) is 98.7 Å². The van der Waals surface area contributed by atoms with Crippen LogP contribution in [0.25, 0.3) is 4.85 Å². The second kappa shape index (κ2) is 35.3. The number of epoxide rings is 2. The number of rotatable bonds is 31. The van der Waals surface area contributed by atoms with E-state index in [0.717, 1.165) is 71.8 Å². The van der Waals surface area contributed by atoms with Gasteiger partial charge < -0.3 is 37.9 Å². The molecule has 3 aliphatic heterocycles. The molecule has 3 heterocycles. The number of fused-ring (bicyclic) bond motifs is 1. The third-order valence-corrected chi connectivity index (χ3v) is 18.7.